The van der Waals surface area contributed by atoms with Crippen molar-refractivity contribution in [2.24, 2.45) is 0 Å². The van der Waals surface area contributed by atoms with E-state index in [9.17, 15) is 41.0 Å². The van der Waals surface area contributed by atoms with Crippen LogP contribution in [0.3, 0.4) is 0 Å². The van der Waals surface area contributed by atoms with E-state index in [0.717, 1.165) is 48.7 Å². The lowest BCUT2D eigenvalue weighted by molar-refractivity contribution is -0.138. The quantitative estimate of drug-likeness (QED) is 0.146. The van der Waals surface area contributed by atoms with Crippen LogP contribution in [-0.4, -0.2) is 89.1 Å². The molecule has 4 saturated heterocycles. The first kappa shape index (κ1) is 44.0. The number of nitrogens with zero attached hydrogens (tertiary/aromatic N) is 5. The van der Waals surface area contributed by atoms with Gasteiger partial charge in [-0.15, -0.1) is 0 Å². The third-order valence-corrected chi connectivity index (χ3v) is 12.4. The summed E-state index contributed by atoms with van der Waals surface area (Å²) < 4.78 is 79.5. The molecular formula is C45H51BF6N6O3. The number of aryl methyl sites for hydroxylation is 2. The van der Waals surface area contributed by atoms with E-state index in [2.05, 4.69) is 15.1 Å². The van der Waals surface area contributed by atoms with Crippen molar-refractivity contribution in [1.82, 2.24) is 19.9 Å². The molecule has 4 heterocycles. The lowest BCUT2D eigenvalue weighted by Gasteiger charge is -2.43. The fraction of sp³-hybridized carbons (Fsp3) is 0.422. The zero-order valence-corrected chi connectivity index (χ0v) is 34.6. The van der Waals surface area contributed by atoms with Crippen molar-refractivity contribution in [2.75, 3.05) is 49.3 Å². The molecule has 4 aromatic rings. The number of carbonyl (C=O) groups is 2. The van der Waals surface area contributed by atoms with Gasteiger partial charge in [0.05, 0.1) is 24.5 Å². The summed E-state index contributed by atoms with van der Waals surface area (Å²) in [7, 11) is -0.585. The second kappa shape index (κ2) is 17.4. The van der Waals surface area contributed by atoms with E-state index < -0.39 is 41.6 Å². The van der Waals surface area contributed by atoms with Crippen molar-refractivity contribution >= 4 is 30.2 Å². The van der Waals surface area contributed by atoms with Crippen molar-refractivity contribution in [3.63, 3.8) is 0 Å². The zero-order valence-electron chi connectivity index (χ0n) is 34.6. The molecule has 16 heteroatoms. The number of halogens is 6. The van der Waals surface area contributed by atoms with Crippen LogP contribution in [0.15, 0.2) is 97.1 Å². The Labute approximate surface area is 353 Å². The maximum Gasteiger partial charge on any atom is 0.416 e. The number of hydrogen-bond acceptors (Lipinski definition) is 7. The van der Waals surface area contributed by atoms with Crippen molar-refractivity contribution in [1.29, 1.82) is 0 Å². The van der Waals surface area contributed by atoms with Crippen LogP contribution >= 0.6 is 0 Å². The number of carbonyl (C=O) groups excluding carboxylic acids is 2. The predicted octanol–water partition coefficient (Wildman–Crippen LogP) is 7.71. The lowest BCUT2D eigenvalue weighted by Crippen LogP contribution is -2.58. The van der Waals surface area contributed by atoms with Gasteiger partial charge in [-0.1, -0.05) is 59.7 Å². The number of piperidine rings is 2. The molecule has 2 spiro atoms. The van der Waals surface area contributed by atoms with Crippen LogP contribution in [-0.2, 0) is 35.0 Å². The van der Waals surface area contributed by atoms with E-state index in [1.54, 1.807) is 42.6 Å². The molecule has 8 rings (SSSR count). The fourth-order valence-electron chi connectivity index (χ4n) is 9.43. The van der Waals surface area contributed by atoms with Crippen LogP contribution in [0.4, 0.5) is 37.7 Å². The summed E-state index contributed by atoms with van der Waals surface area (Å²) in [5.74, 6) is -0.0698. The first-order valence-corrected chi connectivity index (χ1v) is 20.6. The molecule has 0 aliphatic carbocycles. The van der Waals surface area contributed by atoms with Crippen molar-refractivity contribution in [3.05, 3.63) is 130 Å². The van der Waals surface area contributed by atoms with E-state index in [-0.39, 0.29) is 24.9 Å². The summed E-state index contributed by atoms with van der Waals surface area (Å²) in [5.41, 5.74) is 1.14. The topological polar surface area (TPSA) is 82.6 Å². The van der Waals surface area contributed by atoms with Crippen LogP contribution in [0.1, 0.15) is 59.1 Å². The molecule has 4 fully saturated rings. The number of amides is 2. The van der Waals surface area contributed by atoms with Crippen molar-refractivity contribution < 1.29 is 41.0 Å². The van der Waals surface area contributed by atoms with Gasteiger partial charge in [0.1, 0.15) is 11.1 Å². The fourth-order valence-corrected chi connectivity index (χ4v) is 9.43. The lowest BCUT2D eigenvalue weighted by atomic mass is 9.77. The summed E-state index contributed by atoms with van der Waals surface area (Å²) >= 11 is 0. The van der Waals surface area contributed by atoms with Gasteiger partial charge in [0.25, 0.3) is 0 Å². The predicted molar refractivity (Wildman–Crippen MR) is 223 cm³/mol. The van der Waals surface area contributed by atoms with Crippen molar-refractivity contribution in [3.8, 4) is 0 Å². The van der Waals surface area contributed by atoms with Gasteiger partial charge in [-0.05, 0) is 132 Å². The Morgan fingerprint density at radius 2 is 1.02 bits per heavy atom. The van der Waals surface area contributed by atoms with Crippen LogP contribution in [0.25, 0.3) is 0 Å². The Kier molecular flexibility index (Phi) is 12.5. The van der Waals surface area contributed by atoms with Gasteiger partial charge >= 0.3 is 19.4 Å². The Balaban J connectivity index is 0.000000185. The minimum Gasteiger partial charge on any atom is -0.437 e. The van der Waals surface area contributed by atoms with E-state index in [1.807, 2.05) is 65.5 Å². The molecule has 0 unspecified atom stereocenters. The highest BCUT2D eigenvalue weighted by atomic mass is 19.4. The molecule has 61 heavy (non-hydrogen) atoms. The third kappa shape index (κ3) is 9.26. The molecule has 2 amide bonds. The maximum absolute atomic E-state index is 13.7. The van der Waals surface area contributed by atoms with Crippen LogP contribution in [0.5, 0.6) is 0 Å². The highest BCUT2D eigenvalue weighted by Crippen LogP contribution is 2.42. The van der Waals surface area contributed by atoms with Crippen LogP contribution < -0.4 is 15.1 Å². The standard InChI is InChI=1S/C23H27BF3N3O2.C22H24F3N3O/c1-17-12-18(14-19(13-17)23(25,26)27)15-28-16-30(20-6-4-3-5-7-20)22(21(28)31)8-10-29(11-9-22)24(2)32;1-16-11-17(13-18(12-16)22(23,24)25)14-27-15-28(19-5-3-2-4-6-19)21(20(27)29)7-9-26-10-8-21/h3-7,12-14,32H,8-11,15-16H2,1-2H3;2-6,11-13,26H,7-10,14-15H2,1H3. The Morgan fingerprint density at radius 1 is 0.623 bits per heavy atom. The molecule has 0 saturated carbocycles. The second-order valence-electron chi connectivity index (χ2n) is 16.7. The van der Waals surface area contributed by atoms with E-state index in [0.29, 0.717) is 74.4 Å². The summed E-state index contributed by atoms with van der Waals surface area (Å²) in [5, 5.41) is 13.2. The first-order valence-electron chi connectivity index (χ1n) is 20.6. The molecule has 324 valence electrons. The smallest absolute Gasteiger partial charge is 0.416 e. The highest BCUT2D eigenvalue weighted by Gasteiger charge is 2.55. The molecule has 4 aliphatic rings. The Bertz CT molecular complexity index is 2180. The molecule has 0 radical (unpaired) electrons. The number of anilines is 2. The van der Waals surface area contributed by atoms with Crippen molar-refractivity contribution in [2.45, 2.75) is 82.9 Å². The third-order valence-electron chi connectivity index (χ3n) is 12.4. The summed E-state index contributed by atoms with van der Waals surface area (Å²) in [6.45, 7) is 8.60. The van der Waals surface area contributed by atoms with E-state index in [1.165, 1.54) is 0 Å². The normalized spacial score (nSPS) is 19.2. The Hall–Kier alpha value is -5.06. The average Bonchev–Trinajstić information content (AvgIpc) is 3.63. The molecule has 2 N–H and O–H groups in total. The minimum absolute atomic E-state index is 0.00193. The number of benzene rings is 4. The van der Waals surface area contributed by atoms with Gasteiger partial charge in [-0.2, -0.15) is 26.3 Å². The Morgan fingerprint density at radius 3 is 1.39 bits per heavy atom. The second-order valence-corrected chi connectivity index (χ2v) is 16.7. The van der Waals surface area contributed by atoms with Crippen LogP contribution in [0, 0.1) is 13.8 Å². The number of alkyl halides is 6. The number of para-hydroxylation sites is 2. The van der Waals surface area contributed by atoms with Crippen LogP contribution in [0.2, 0.25) is 6.82 Å². The molecule has 4 aliphatic heterocycles. The highest BCUT2D eigenvalue weighted by molar-refractivity contribution is 6.45. The van der Waals surface area contributed by atoms with E-state index in [4.69, 9.17) is 0 Å². The summed E-state index contributed by atoms with van der Waals surface area (Å²) in [6, 6.07) is 27.4. The SMILES string of the molecule is CB(O)N1CCC2(CC1)C(=O)N(Cc1cc(C)cc(C(F)(F)F)c1)CN2c1ccccc1.Cc1cc(CN2CN(c3ccccc3)C3(CCNCC3)C2=O)cc(C(F)(F)F)c1. The molecule has 0 aromatic heterocycles. The van der Waals surface area contributed by atoms with Gasteiger partial charge in [-0.3, -0.25) is 9.59 Å². The number of rotatable bonds is 7. The summed E-state index contributed by atoms with van der Waals surface area (Å²) in [6.07, 6.45) is -6.38. The minimum atomic E-state index is -4.43. The van der Waals surface area contributed by atoms with Gasteiger partial charge in [-0.25, -0.2) is 0 Å². The molecule has 9 nitrogen and oxygen atoms in total. The number of hydrogen-bond donors (Lipinski definition) is 2. The first-order chi connectivity index (χ1) is 28.9. The molecule has 4 aromatic carbocycles. The van der Waals surface area contributed by atoms with Gasteiger partial charge in [0, 0.05) is 24.5 Å². The van der Waals surface area contributed by atoms with Gasteiger partial charge < -0.3 is 34.8 Å². The van der Waals surface area contributed by atoms with E-state index >= 15 is 0 Å². The maximum atomic E-state index is 13.7. The molecular weight excluding hydrogens is 797 g/mol. The largest absolute Gasteiger partial charge is 0.437 e. The summed E-state index contributed by atoms with van der Waals surface area (Å²) in [4.78, 5) is 36.6. The zero-order chi connectivity index (χ0) is 43.7. The number of nitrogens with one attached hydrogen (secondary N) is 1. The monoisotopic (exact) mass is 848 g/mol. The van der Waals surface area contributed by atoms with Gasteiger partial charge in [0.2, 0.25) is 11.8 Å². The molecule has 0 atom stereocenters. The molecule has 0 bridgehead atoms. The van der Waals surface area contributed by atoms with Gasteiger partial charge in [0.15, 0.2) is 0 Å². The average molecular weight is 849 g/mol.